The molecule has 6 heteroatoms. The van der Waals surface area contributed by atoms with Gasteiger partial charge in [0, 0.05) is 25.7 Å². The zero-order valence-corrected chi connectivity index (χ0v) is 21.0. The van der Waals surface area contributed by atoms with Crippen molar-refractivity contribution in [2.75, 3.05) is 0 Å². The highest BCUT2D eigenvalue weighted by atomic mass is 79.9. The molecule has 0 aromatic carbocycles. The molecule has 0 aliphatic carbocycles. The lowest BCUT2D eigenvalue weighted by atomic mass is 10.0. The van der Waals surface area contributed by atoms with Gasteiger partial charge in [0.25, 0.3) is 0 Å². The van der Waals surface area contributed by atoms with Gasteiger partial charge in [0.2, 0.25) is 0 Å². The highest BCUT2D eigenvalue weighted by Gasteiger charge is 2.23. The van der Waals surface area contributed by atoms with E-state index in [-0.39, 0.29) is 0 Å². The van der Waals surface area contributed by atoms with E-state index in [9.17, 15) is 4.79 Å². The van der Waals surface area contributed by atoms with Gasteiger partial charge in [-0.25, -0.2) is 0 Å². The van der Waals surface area contributed by atoms with E-state index in [1.165, 1.54) is 38.5 Å². The van der Waals surface area contributed by atoms with E-state index in [1.54, 1.807) is 0 Å². The molecule has 4 atom stereocenters. The minimum absolute atomic E-state index is 0.309. The number of unbranched alkanes of at least 4 members (excludes halogenated alkanes) is 6. The summed E-state index contributed by atoms with van der Waals surface area (Å²) in [5.74, 6) is -0.679. The molecule has 0 aliphatic heterocycles. The fourth-order valence-corrected chi connectivity index (χ4v) is 5.52. The van der Waals surface area contributed by atoms with Crippen LogP contribution in [0.4, 0.5) is 0 Å². The van der Waals surface area contributed by atoms with Crippen molar-refractivity contribution in [2.24, 2.45) is 0 Å². The maximum Gasteiger partial charge on any atom is 0.303 e. The predicted molar refractivity (Wildman–Crippen MR) is 120 cm³/mol. The normalized spacial score (nSPS) is 16.5. The molecule has 0 spiro atoms. The van der Waals surface area contributed by atoms with E-state index in [0.29, 0.717) is 25.7 Å². The van der Waals surface area contributed by atoms with E-state index in [2.05, 4.69) is 70.6 Å². The van der Waals surface area contributed by atoms with Crippen LogP contribution in [0.15, 0.2) is 0 Å². The standard InChI is InChI=1S/C18H32Br4O2/c1-2-3-7-10-14(19)16(21)13-17(22)15(20)11-8-5-4-6-9-12-18(23)24/h14-17H,2-13H2,1H3,(H,23,24)/t14-,15-,16-,17+/m1/s1. The Morgan fingerprint density at radius 2 is 1.21 bits per heavy atom. The fourth-order valence-electron chi connectivity index (χ4n) is 2.61. The van der Waals surface area contributed by atoms with Gasteiger partial charge in [-0.1, -0.05) is 116 Å². The second-order valence-electron chi connectivity index (χ2n) is 6.50. The van der Waals surface area contributed by atoms with Crippen LogP contribution in [-0.2, 0) is 4.79 Å². The average Bonchev–Trinajstić information content (AvgIpc) is 2.53. The summed E-state index contributed by atoms with van der Waals surface area (Å²) in [6.07, 6.45) is 13.1. The van der Waals surface area contributed by atoms with Crippen molar-refractivity contribution in [1.82, 2.24) is 0 Å². The Bertz CT molecular complexity index is 315. The molecule has 0 aromatic heterocycles. The Kier molecular flexibility index (Phi) is 17.5. The molecular weight excluding hydrogens is 568 g/mol. The topological polar surface area (TPSA) is 37.3 Å². The van der Waals surface area contributed by atoms with Crippen LogP contribution in [0.2, 0.25) is 0 Å². The third-order valence-corrected chi connectivity index (χ3v) is 9.82. The third kappa shape index (κ3) is 14.5. The molecule has 0 heterocycles. The van der Waals surface area contributed by atoms with Crippen molar-refractivity contribution in [3.8, 4) is 0 Å². The number of halogens is 4. The number of alkyl halides is 4. The maximum absolute atomic E-state index is 10.4. The largest absolute Gasteiger partial charge is 0.481 e. The number of carbonyl (C=O) groups is 1. The Morgan fingerprint density at radius 3 is 1.71 bits per heavy atom. The van der Waals surface area contributed by atoms with E-state index < -0.39 is 5.97 Å². The Morgan fingerprint density at radius 1 is 0.750 bits per heavy atom. The molecule has 0 amide bonds. The molecule has 0 saturated carbocycles. The molecule has 0 radical (unpaired) electrons. The number of hydrogen-bond acceptors (Lipinski definition) is 1. The quantitative estimate of drug-likeness (QED) is 0.145. The molecule has 0 aromatic rings. The second kappa shape index (κ2) is 16.6. The Balaban J connectivity index is 3.74. The maximum atomic E-state index is 10.4. The highest BCUT2D eigenvalue weighted by molar-refractivity contribution is 9.13. The molecule has 0 saturated heterocycles. The fraction of sp³-hybridized carbons (Fsp3) is 0.944. The van der Waals surface area contributed by atoms with Crippen LogP contribution in [0.5, 0.6) is 0 Å². The monoisotopic (exact) mass is 596 g/mol. The molecule has 0 fully saturated rings. The Hall–Kier alpha value is 1.39. The first kappa shape index (κ1) is 25.4. The van der Waals surface area contributed by atoms with Gasteiger partial charge < -0.3 is 5.11 Å². The van der Waals surface area contributed by atoms with Crippen LogP contribution in [-0.4, -0.2) is 30.4 Å². The summed E-state index contributed by atoms with van der Waals surface area (Å²) < 4.78 is 0. The first-order valence-corrected chi connectivity index (χ1v) is 12.8. The van der Waals surface area contributed by atoms with Crippen molar-refractivity contribution < 1.29 is 9.90 Å². The van der Waals surface area contributed by atoms with Crippen molar-refractivity contribution in [1.29, 1.82) is 0 Å². The molecule has 24 heavy (non-hydrogen) atoms. The van der Waals surface area contributed by atoms with Crippen LogP contribution < -0.4 is 0 Å². The minimum Gasteiger partial charge on any atom is -0.481 e. The lowest BCUT2D eigenvalue weighted by molar-refractivity contribution is -0.137. The molecular formula is C18H32Br4O2. The summed E-state index contributed by atoms with van der Waals surface area (Å²) in [7, 11) is 0. The van der Waals surface area contributed by atoms with Crippen LogP contribution in [0.1, 0.15) is 84.0 Å². The first-order valence-electron chi connectivity index (χ1n) is 9.16. The molecule has 0 unspecified atom stereocenters. The van der Waals surface area contributed by atoms with Gasteiger partial charge in [-0.3, -0.25) is 4.79 Å². The number of carboxylic acids is 1. The van der Waals surface area contributed by atoms with Crippen LogP contribution in [0.3, 0.4) is 0 Å². The zero-order valence-electron chi connectivity index (χ0n) is 14.7. The van der Waals surface area contributed by atoms with Crippen molar-refractivity contribution in [3.05, 3.63) is 0 Å². The predicted octanol–water partition coefficient (Wildman–Crippen LogP) is 7.83. The summed E-state index contributed by atoms with van der Waals surface area (Å²) in [5, 5.41) is 8.60. The van der Waals surface area contributed by atoms with Crippen LogP contribution >= 0.6 is 63.7 Å². The van der Waals surface area contributed by atoms with Crippen molar-refractivity contribution in [2.45, 2.75) is 103 Å². The van der Waals surface area contributed by atoms with Crippen molar-refractivity contribution >= 4 is 69.7 Å². The minimum atomic E-state index is -0.679. The van der Waals surface area contributed by atoms with E-state index in [1.807, 2.05) is 0 Å². The average molecular weight is 600 g/mol. The summed E-state index contributed by atoms with van der Waals surface area (Å²) in [6, 6.07) is 0. The van der Waals surface area contributed by atoms with Gasteiger partial charge in [-0.15, -0.1) is 0 Å². The number of carboxylic acid groups (broad SMARTS) is 1. The number of hydrogen-bond donors (Lipinski definition) is 1. The summed E-state index contributed by atoms with van der Waals surface area (Å²) in [5.41, 5.74) is 0. The smallest absolute Gasteiger partial charge is 0.303 e. The lowest BCUT2D eigenvalue weighted by Crippen LogP contribution is -2.23. The second-order valence-corrected chi connectivity index (χ2v) is 11.2. The SMILES string of the molecule is CCCCC[C@@H](Br)[C@H](Br)C[C@H](Br)[C@H](Br)CCCCCCCC(=O)O. The zero-order chi connectivity index (χ0) is 18.4. The molecule has 0 aliphatic rings. The summed E-state index contributed by atoms with van der Waals surface area (Å²) in [4.78, 5) is 12.4. The molecule has 144 valence electrons. The van der Waals surface area contributed by atoms with Gasteiger partial charge in [-0.05, 0) is 25.7 Å². The van der Waals surface area contributed by atoms with Gasteiger partial charge >= 0.3 is 5.97 Å². The van der Waals surface area contributed by atoms with E-state index in [0.717, 1.165) is 32.1 Å². The molecule has 1 N–H and O–H groups in total. The van der Waals surface area contributed by atoms with Gasteiger partial charge in [-0.2, -0.15) is 0 Å². The first-order chi connectivity index (χ1) is 11.4. The lowest BCUT2D eigenvalue weighted by Gasteiger charge is -2.23. The van der Waals surface area contributed by atoms with Crippen molar-refractivity contribution in [3.63, 3.8) is 0 Å². The molecule has 0 rings (SSSR count). The summed E-state index contributed by atoms with van der Waals surface area (Å²) >= 11 is 15.3. The van der Waals surface area contributed by atoms with Crippen LogP contribution in [0.25, 0.3) is 0 Å². The van der Waals surface area contributed by atoms with Gasteiger partial charge in [0.15, 0.2) is 0 Å². The van der Waals surface area contributed by atoms with E-state index in [4.69, 9.17) is 5.11 Å². The molecule has 2 nitrogen and oxygen atoms in total. The number of aliphatic carboxylic acids is 1. The summed E-state index contributed by atoms with van der Waals surface area (Å²) in [6.45, 7) is 2.24. The van der Waals surface area contributed by atoms with Gasteiger partial charge in [0.1, 0.15) is 0 Å². The van der Waals surface area contributed by atoms with Crippen LogP contribution in [0, 0.1) is 0 Å². The third-order valence-electron chi connectivity index (χ3n) is 4.19. The highest BCUT2D eigenvalue weighted by Crippen LogP contribution is 2.31. The van der Waals surface area contributed by atoms with Gasteiger partial charge in [0.05, 0.1) is 0 Å². The Labute approximate surface area is 181 Å². The molecule has 0 bridgehead atoms. The van der Waals surface area contributed by atoms with E-state index >= 15 is 0 Å². The number of rotatable bonds is 16.